The van der Waals surface area contributed by atoms with Crippen molar-refractivity contribution in [3.63, 3.8) is 0 Å². The van der Waals surface area contributed by atoms with E-state index in [1.54, 1.807) is 0 Å². The molecule has 16 heavy (non-hydrogen) atoms. The molecule has 1 saturated heterocycles. The fraction of sp³-hybridized carbons (Fsp3) is 1.00. The predicted molar refractivity (Wildman–Crippen MR) is 69.7 cm³/mol. The smallest absolute Gasteiger partial charge is 0.0192 e. The van der Waals surface area contributed by atoms with E-state index in [4.69, 9.17) is 0 Å². The minimum absolute atomic E-state index is 0.647. The summed E-state index contributed by atoms with van der Waals surface area (Å²) in [4.78, 5) is 0. The van der Waals surface area contributed by atoms with Crippen molar-refractivity contribution in [3.8, 4) is 0 Å². The summed E-state index contributed by atoms with van der Waals surface area (Å²) in [5.41, 5.74) is 0.647. The molecule has 2 aliphatic rings. The van der Waals surface area contributed by atoms with Gasteiger partial charge in [-0.05, 0) is 44.1 Å². The van der Waals surface area contributed by atoms with Crippen molar-refractivity contribution in [2.45, 2.75) is 64.3 Å². The van der Waals surface area contributed by atoms with E-state index in [9.17, 15) is 0 Å². The lowest BCUT2D eigenvalue weighted by Crippen LogP contribution is -2.44. The van der Waals surface area contributed by atoms with Gasteiger partial charge in [0.15, 0.2) is 0 Å². The third-order valence-electron chi connectivity index (χ3n) is 4.72. The summed E-state index contributed by atoms with van der Waals surface area (Å²) >= 11 is 0. The highest BCUT2D eigenvalue weighted by molar-refractivity contribution is 4.86. The maximum Gasteiger partial charge on any atom is 0.0192 e. The van der Waals surface area contributed by atoms with Crippen LogP contribution in [0.5, 0.6) is 0 Å². The van der Waals surface area contributed by atoms with Gasteiger partial charge >= 0.3 is 0 Å². The molecule has 1 heterocycles. The topological polar surface area (TPSA) is 24.1 Å². The molecule has 0 bridgehead atoms. The molecular formula is C14H28N2. The molecule has 0 amide bonds. The molecule has 0 aromatic carbocycles. The second-order valence-corrected chi connectivity index (χ2v) is 5.84. The molecule has 2 N–H and O–H groups in total. The highest BCUT2D eigenvalue weighted by atomic mass is 15.0. The summed E-state index contributed by atoms with van der Waals surface area (Å²) < 4.78 is 0. The molecule has 0 aromatic heterocycles. The lowest BCUT2D eigenvalue weighted by molar-refractivity contribution is 0.259. The molecular weight excluding hydrogens is 196 g/mol. The molecule has 0 spiro atoms. The van der Waals surface area contributed by atoms with Gasteiger partial charge in [0.1, 0.15) is 0 Å². The Morgan fingerprint density at radius 1 is 1.19 bits per heavy atom. The highest BCUT2D eigenvalue weighted by Gasteiger charge is 2.31. The van der Waals surface area contributed by atoms with Gasteiger partial charge in [-0.25, -0.2) is 0 Å². The van der Waals surface area contributed by atoms with Gasteiger partial charge in [0.05, 0.1) is 0 Å². The van der Waals surface area contributed by atoms with Crippen molar-refractivity contribution in [1.29, 1.82) is 0 Å². The van der Waals surface area contributed by atoms with E-state index in [-0.39, 0.29) is 0 Å². The van der Waals surface area contributed by atoms with Gasteiger partial charge in [0.2, 0.25) is 0 Å². The monoisotopic (exact) mass is 224 g/mol. The molecule has 0 radical (unpaired) electrons. The van der Waals surface area contributed by atoms with Crippen LogP contribution in [0.15, 0.2) is 0 Å². The second kappa shape index (κ2) is 6.02. The third-order valence-corrected chi connectivity index (χ3v) is 4.72. The molecule has 1 aliphatic carbocycles. The molecule has 94 valence electrons. The van der Waals surface area contributed by atoms with Crippen LogP contribution in [0.4, 0.5) is 0 Å². The lowest BCUT2D eigenvalue weighted by atomic mass is 9.83. The second-order valence-electron chi connectivity index (χ2n) is 5.84. The summed E-state index contributed by atoms with van der Waals surface area (Å²) in [5, 5.41) is 7.34. The van der Waals surface area contributed by atoms with E-state index >= 15 is 0 Å². The quantitative estimate of drug-likeness (QED) is 0.750. The van der Waals surface area contributed by atoms with E-state index in [0.717, 1.165) is 6.04 Å². The normalized spacial score (nSPS) is 29.4. The number of nitrogens with one attached hydrogen (secondary N) is 2. The number of rotatable bonds is 5. The average molecular weight is 224 g/mol. The lowest BCUT2D eigenvalue weighted by Gasteiger charge is -2.30. The largest absolute Gasteiger partial charge is 0.315 e. The Bertz CT molecular complexity index is 191. The van der Waals surface area contributed by atoms with Crippen molar-refractivity contribution < 1.29 is 0 Å². The van der Waals surface area contributed by atoms with Crippen LogP contribution in [0.1, 0.15) is 58.3 Å². The standard InChI is InChI=1S/C14H28N2/c1-2-14(8-4-5-9-14)12-15-11-13-7-3-6-10-16-13/h13,15-16H,2-12H2,1H3. The minimum atomic E-state index is 0.647. The number of hydrogen-bond donors (Lipinski definition) is 2. The zero-order valence-electron chi connectivity index (χ0n) is 10.9. The first-order valence-electron chi connectivity index (χ1n) is 7.29. The highest BCUT2D eigenvalue weighted by Crippen LogP contribution is 2.40. The maximum absolute atomic E-state index is 3.73. The molecule has 0 aromatic rings. The third kappa shape index (κ3) is 3.21. The van der Waals surface area contributed by atoms with Crippen molar-refractivity contribution in [2.24, 2.45) is 5.41 Å². The van der Waals surface area contributed by atoms with Crippen LogP contribution < -0.4 is 10.6 Å². The van der Waals surface area contributed by atoms with Crippen LogP contribution in [0, 0.1) is 5.41 Å². The Morgan fingerprint density at radius 2 is 2.00 bits per heavy atom. The van der Waals surface area contributed by atoms with Gasteiger partial charge in [-0.1, -0.05) is 26.2 Å². The first kappa shape index (κ1) is 12.4. The van der Waals surface area contributed by atoms with Gasteiger partial charge in [-0.3, -0.25) is 0 Å². The fourth-order valence-corrected chi connectivity index (χ4v) is 3.39. The molecule has 1 saturated carbocycles. The summed E-state index contributed by atoms with van der Waals surface area (Å²) in [5.74, 6) is 0. The van der Waals surface area contributed by atoms with Gasteiger partial charge < -0.3 is 10.6 Å². The summed E-state index contributed by atoms with van der Waals surface area (Å²) in [7, 11) is 0. The van der Waals surface area contributed by atoms with Gasteiger partial charge in [0.25, 0.3) is 0 Å². The molecule has 2 nitrogen and oxygen atoms in total. The van der Waals surface area contributed by atoms with E-state index in [1.807, 2.05) is 0 Å². The maximum atomic E-state index is 3.73. The number of hydrogen-bond acceptors (Lipinski definition) is 2. The Hall–Kier alpha value is -0.0800. The zero-order valence-corrected chi connectivity index (χ0v) is 10.9. The summed E-state index contributed by atoms with van der Waals surface area (Å²) in [6, 6.07) is 0.740. The first-order valence-corrected chi connectivity index (χ1v) is 7.29. The summed E-state index contributed by atoms with van der Waals surface area (Å²) in [6.07, 6.45) is 11.3. The molecule has 1 unspecified atom stereocenters. The van der Waals surface area contributed by atoms with Crippen molar-refractivity contribution >= 4 is 0 Å². The predicted octanol–water partition coefficient (Wildman–Crippen LogP) is 2.69. The van der Waals surface area contributed by atoms with Gasteiger partial charge in [0, 0.05) is 19.1 Å². The van der Waals surface area contributed by atoms with Crippen LogP contribution in [0.25, 0.3) is 0 Å². The SMILES string of the molecule is CCC1(CNCC2CCCCN2)CCCC1. The van der Waals surface area contributed by atoms with E-state index in [1.165, 1.54) is 71.0 Å². The van der Waals surface area contributed by atoms with Gasteiger partial charge in [-0.15, -0.1) is 0 Å². The molecule has 1 aliphatic heterocycles. The van der Waals surface area contributed by atoms with Crippen LogP contribution in [-0.2, 0) is 0 Å². The Labute approximate surface area is 101 Å². The van der Waals surface area contributed by atoms with Crippen LogP contribution in [0.3, 0.4) is 0 Å². The first-order chi connectivity index (χ1) is 7.85. The van der Waals surface area contributed by atoms with Crippen LogP contribution in [-0.4, -0.2) is 25.7 Å². The molecule has 1 atom stereocenters. The Kier molecular flexibility index (Phi) is 4.66. The number of piperidine rings is 1. The molecule has 2 heteroatoms. The fourth-order valence-electron chi connectivity index (χ4n) is 3.39. The van der Waals surface area contributed by atoms with E-state index < -0.39 is 0 Å². The Balaban J connectivity index is 1.66. The van der Waals surface area contributed by atoms with Gasteiger partial charge in [-0.2, -0.15) is 0 Å². The van der Waals surface area contributed by atoms with Crippen LogP contribution in [0.2, 0.25) is 0 Å². The van der Waals surface area contributed by atoms with E-state index in [2.05, 4.69) is 17.6 Å². The average Bonchev–Trinajstić information content (AvgIpc) is 2.80. The Morgan fingerprint density at radius 3 is 2.62 bits per heavy atom. The van der Waals surface area contributed by atoms with Crippen molar-refractivity contribution in [1.82, 2.24) is 10.6 Å². The molecule has 2 fully saturated rings. The summed E-state index contributed by atoms with van der Waals surface area (Å²) in [6.45, 7) is 6.03. The van der Waals surface area contributed by atoms with Crippen molar-refractivity contribution in [3.05, 3.63) is 0 Å². The zero-order chi connectivity index (χ0) is 11.3. The van der Waals surface area contributed by atoms with Crippen molar-refractivity contribution in [2.75, 3.05) is 19.6 Å². The minimum Gasteiger partial charge on any atom is -0.315 e. The van der Waals surface area contributed by atoms with Crippen LogP contribution >= 0.6 is 0 Å². The molecule has 2 rings (SSSR count). The van der Waals surface area contributed by atoms with E-state index in [0.29, 0.717) is 5.41 Å².